The molecule has 0 fully saturated rings. The summed E-state index contributed by atoms with van der Waals surface area (Å²) in [5.41, 5.74) is -1.40. The first-order valence-electron chi connectivity index (χ1n) is 9.01. The first kappa shape index (κ1) is 19.6. The van der Waals surface area contributed by atoms with E-state index in [1.165, 1.54) is 11.7 Å². The molecule has 1 aromatic carbocycles. The molecule has 3 rings (SSSR count). The van der Waals surface area contributed by atoms with Crippen molar-refractivity contribution in [2.45, 2.75) is 32.1 Å². The zero-order chi connectivity index (χ0) is 20.5. The predicted molar refractivity (Wildman–Crippen MR) is 98.7 cm³/mol. The van der Waals surface area contributed by atoms with E-state index < -0.39 is 17.4 Å². The third-order valence-electron chi connectivity index (χ3n) is 4.95. The molecular weight excluding hydrogens is 366 g/mol. The first-order chi connectivity index (χ1) is 13.5. The van der Waals surface area contributed by atoms with Crippen molar-refractivity contribution >= 4 is 35.0 Å². The number of carbonyl (C=O) groups is 4. The quantitative estimate of drug-likeness (QED) is 0.426. The van der Waals surface area contributed by atoms with Gasteiger partial charge in [-0.05, 0) is 38.5 Å². The van der Waals surface area contributed by atoms with E-state index in [0.29, 0.717) is 22.9 Å². The van der Waals surface area contributed by atoms with Gasteiger partial charge in [-0.15, -0.1) is 0 Å². The van der Waals surface area contributed by atoms with Crippen LogP contribution in [0.2, 0.25) is 0 Å². The fourth-order valence-corrected chi connectivity index (χ4v) is 3.73. The minimum atomic E-state index is -1.89. The summed E-state index contributed by atoms with van der Waals surface area (Å²) in [6, 6.07) is 4.86. The third-order valence-corrected chi connectivity index (χ3v) is 4.95. The summed E-state index contributed by atoms with van der Waals surface area (Å²) in [7, 11) is 1.48. The summed E-state index contributed by atoms with van der Waals surface area (Å²) in [4.78, 5) is 50.8. The lowest BCUT2D eigenvalue weighted by Crippen LogP contribution is -2.51. The van der Waals surface area contributed by atoms with Gasteiger partial charge in [0.2, 0.25) is 11.3 Å². The second-order valence-electron chi connectivity index (χ2n) is 6.34. The second kappa shape index (κ2) is 7.46. The highest BCUT2D eigenvalue weighted by molar-refractivity contribution is 6.15. The van der Waals surface area contributed by atoms with Gasteiger partial charge >= 0.3 is 11.9 Å². The lowest BCUT2D eigenvalue weighted by atomic mass is 9.76. The molecule has 1 aliphatic heterocycles. The van der Waals surface area contributed by atoms with Crippen LogP contribution in [0.15, 0.2) is 18.2 Å². The number of fused-ring (bicyclic) bond motifs is 3. The molecule has 0 N–H and O–H groups in total. The van der Waals surface area contributed by atoms with E-state index in [9.17, 15) is 19.2 Å². The standard InChI is InChI=1S/C20H21NO7/c1-4-27-18(24)20(19(25)28-5-2)9-8-16(23)21-15-7-6-12(26-3)10-13(15)14(11-22)17(20)21/h6-7,10-11H,4-5,8-9H2,1-3H3. The summed E-state index contributed by atoms with van der Waals surface area (Å²) in [6.45, 7) is 3.31. The molecule has 28 heavy (non-hydrogen) atoms. The van der Waals surface area contributed by atoms with Crippen molar-refractivity contribution in [3.8, 4) is 5.75 Å². The third kappa shape index (κ3) is 2.67. The van der Waals surface area contributed by atoms with Crippen molar-refractivity contribution < 1.29 is 33.4 Å². The van der Waals surface area contributed by atoms with Crippen LogP contribution in [-0.2, 0) is 24.5 Å². The number of carbonyl (C=O) groups excluding carboxylic acids is 4. The van der Waals surface area contributed by atoms with E-state index in [-0.39, 0.29) is 43.2 Å². The monoisotopic (exact) mass is 387 g/mol. The number of aldehydes is 1. The molecule has 0 saturated heterocycles. The second-order valence-corrected chi connectivity index (χ2v) is 6.34. The highest BCUT2D eigenvalue weighted by Crippen LogP contribution is 2.43. The Balaban J connectivity index is 2.43. The van der Waals surface area contributed by atoms with Crippen LogP contribution in [0.3, 0.4) is 0 Å². The maximum atomic E-state index is 13.0. The van der Waals surface area contributed by atoms with Crippen LogP contribution in [0.5, 0.6) is 5.75 Å². The van der Waals surface area contributed by atoms with Crippen molar-refractivity contribution in [2.24, 2.45) is 0 Å². The van der Waals surface area contributed by atoms with Crippen molar-refractivity contribution in [1.29, 1.82) is 0 Å². The van der Waals surface area contributed by atoms with Gasteiger partial charge in [0.25, 0.3) is 0 Å². The van der Waals surface area contributed by atoms with Gasteiger partial charge in [0.05, 0.1) is 31.5 Å². The highest BCUT2D eigenvalue weighted by atomic mass is 16.6. The lowest BCUT2D eigenvalue weighted by molar-refractivity contribution is -0.165. The maximum Gasteiger partial charge on any atom is 0.329 e. The zero-order valence-electron chi connectivity index (χ0n) is 15.9. The SMILES string of the molecule is CCOC(=O)C1(C(=O)OCC)CCC(=O)n2c1c(C=O)c1cc(OC)ccc12. The topological polar surface area (TPSA) is 101 Å². The number of ether oxygens (including phenoxy) is 3. The smallest absolute Gasteiger partial charge is 0.329 e. The average Bonchev–Trinajstić information content (AvgIpc) is 3.03. The Morgan fingerprint density at radius 1 is 1.18 bits per heavy atom. The molecule has 1 aromatic heterocycles. The Labute approximate surface area is 161 Å². The largest absolute Gasteiger partial charge is 0.497 e. The number of esters is 2. The highest BCUT2D eigenvalue weighted by Gasteiger charge is 2.57. The zero-order valence-corrected chi connectivity index (χ0v) is 15.9. The minimum Gasteiger partial charge on any atom is -0.497 e. The van der Waals surface area contributed by atoms with E-state index >= 15 is 0 Å². The van der Waals surface area contributed by atoms with E-state index in [0.717, 1.165) is 0 Å². The number of rotatable bonds is 6. The average molecular weight is 387 g/mol. The molecule has 2 heterocycles. The Hall–Kier alpha value is -3.16. The van der Waals surface area contributed by atoms with Crippen LogP contribution >= 0.6 is 0 Å². The Bertz CT molecular complexity index is 955. The predicted octanol–water partition coefficient (Wildman–Crippen LogP) is 2.26. The van der Waals surface area contributed by atoms with Gasteiger partial charge in [-0.2, -0.15) is 0 Å². The van der Waals surface area contributed by atoms with E-state index in [2.05, 4.69) is 0 Å². The molecule has 0 bridgehead atoms. The van der Waals surface area contributed by atoms with Crippen molar-refractivity contribution in [1.82, 2.24) is 4.57 Å². The fraction of sp³-hybridized carbons (Fsp3) is 0.400. The summed E-state index contributed by atoms with van der Waals surface area (Å²) in [6.07, 6.45) is 0.343. The molecule has 8 nitrogen and oxygen atoms in total. The van der Waals surface area contributed by atoms with E-state index in [4.69, 9.17) is 14.2 Å². The van der Waals surface area contributed by atoms with E-state index in [1.807, 2.05) is 0 Å². The van der Waals surface area contributed by atoms with Gasteiger partial charge in [-0.1, -0.05) is 0 Å². The Morgan fingerprint density at radius 3 is 2.36 bits per heavy atom. The molecule has 0 radical (unpaired) electrons. The van der Waals surface area contributed by atoms with Crippen molar-refractivity contribution in [3.63, 3.8) is 0 Å². The normalized spacial score (nSPS) is 15.0. The summed E-state index contributed by atoms with van der Waals surface area (Å²) < 4.78 is 16.8. The molecule has 0 spiro atoms. The van der Waals surface area contributed by atoms with Gasteiger partial charge in [-0.3, -0.25) is 23.7 Å². The number of benzene rings is 1. The molecule has 0 aliphatic carbocycles. The van der Waals surface area contributed by atoms with Crippen LogP contribution in [-0.4, -0.2) is 49.0 Å². The minimum absolute atomic E-state index is 0.00102. The molecule has 148 valence electrons. The number of aromatic nitrogens is 1. The number of hydrogen-bond acceptors (Lipinski definition) is 7. The molecule has 0 saturated carbocycles. The fourth-order valence-electron chi connectivity index (χ4n) is 3.73. The van der Waals surface area contributed by atoms with E-state index in [1.54, 1.807) is 32.0 Å². The van der Waals surface area contributed by atoms with Gasteiger partial charge in [0.15, 0.2) is 6.29 Å². The molecule has 0 atom stereocenters. The lowest BCUT2D eigenvalue weighted by Gasteiger charge is -2.33. The van der Waals surface area contributed by atoms with Crippen LogP contribution < -0.4 is 4.74 Å². The van der Waals surface area contributed by atoms with Crippen LogP contribution in [0.25, 0.3) is 10.9 Å². The first-order valence-corrected chi connectivity index (χ1v) is 9.01. The Morgan fingerprint density at radius 2 is 1.82 bits per heavy atom. The molecule has 1 aliphatic rings. The van der Waals surface area contributed by atoms with Crippen LogP contribution in [0.4, 0.5) is 0 Å². The maximum absolute atomic E-state index is 13.0. The summed E-state index contributed by atoms with van der Waals surface area (Å²) in [5, 5.41) is 0.414. The molecule has 0 amide bonds. The van der Waals surface area contributed by atoms with Crippen molar-refractivity contribution in [3.05, 3.63) is 29.5 Å². The number of hydrogen-bond donors (Lipinski definition) is 0. The van der Waals surface area contributed by atoms with Gasteiger partial charge in [-0.25, -0.2) is 0 Å². The molecule has 8 heteroatoms. The Kier molecular flexibility index (Phi) is 5.22. The van der Waals surface area contributed by atoms with Gasteiger partial charge < -0.3 is 14.2 Å². The molecule has 0 unspecified atom stereocenters. The molecular formula is C20H21NO7. The van der Waals surface area contributed by atoms with Gasteiger partial charge in [0.1, 0.15) is 5.75 Å². The summed E-state index contributed by atoms with van der Waals surface area (Å²) in [5.74, 6) is -1.51. The van der Waals surface area contributed by atoms with Gasteiger partial charge in [0, 0.05) is 17.4 Å². The molecule has 2 aromatic rings. The number of methoxy groups -OCH3 is 1. The van der Waals surface area contributed by atoms with Crippen LogP contribution in [0, 0.1) is 0 Å². The summed E-state index contributed by atoms with van der Waals surface area (Å²) >= 11 is 0. The van der Waals surface area contributed by atoms with Crippen molar-refractivity contribution in [2.75, 3.05) is 20.3 Å². The van der Waals surface area contributed by atoms with Crippen LogP contribution in [0.1, 0.15) is 47.5 Å². The number of nitrogens with zero attached hydrogens (tertiary/aromatic N) is 1.